The first-order chi connectivity index (χ1) is 16.4. The van der Waals surface area contributed by atoms with Crippen molar-refractivity contribution in [2.75, 3.05) is 6.61 Å². The predicted octanol–water partition coefficient (Wildman–Crippen LogP) is 6.75. The van der Waals surface area contributed by atoms with Crippen LogP contribution in [-0.4, -0.2) is 28.6 Å². The van der Waals surface area contributed by atoms with Gasteiger partial charge in [-0.1, -0.05) is 22.4 Å². The number of hydrogen-bond donors (Lipinski definition) is 0. The molecule has 0 saturated heterocycles. The molecule has 5 rings (SSSR count). The van der Waals surface area contributed by atoms with Gasteiger partial charge in [0.2, 0.25) is 0 Å². The van der Waals surface area contributed by atoms with Crippen LogP contribution in [0.4, 0.5) is 0 Å². The summed E-state index contributed by atoms with van der Waals surface area (Å²) in [6.07, 6.45) is 0. The Morgan fingerprint density at radius 3 is 2.21 bits per heavy atom. The van der Waals surface area contributed by atoms with Crippen molar-refractivity contribution < 1.29 is 14.5 Å². The molecule has 3 aromatic carbocycles. The van der Waals surface area contributed by atoms with Gasteiger partial charge in [-0.05, 0) is 68.3 Å². The molecule has 0 atom stereocenters. The highest BCUT2D eigenvalue weighted by Gasteiger charge is 2.14. The quantitative estimate of drug-likeness (QED) is 0.162. The fraction of sp³-hybridized carbons (Fsp3) is 0.222. The average Bonchev–Trinajstić information content (AvgIpc) is 3.33. The standard InChI is InChI=1S/C27H25N3O3S/c1-6-32-28-15(2)18-7-9-24-20(11-18)21-14-27-23(13-25(21)30(24)5)22-12-19(8-10-26(22)34-27)16(3)29-33-17(4)31/h7-14H,6H2,1-5H3. The SMILES string of the molecule is CCON=C(C)c1ccc2c(c1)c1cc3sc4ccc(C(C)=NOC(C)=O)cc4c3cc1n2C. The molecule has 0 aliphatic carbocycles. The van der Waals surface area contributed by atoms with Crippen molar-refractivity contribution in [2.45, 2.75) is 27.7 Å². The van der Waals surface area contributed by atoms with E-state index in [4.69, 9.17) is 9.68 Å². The zero-order chi connectivity index (χ0) is 24.0. The van der Waals surface area contributed by atoms with E-state index in [1.165, 1.54) is 48.9 Å². The lowest BCUT2D eigenvalue weighted by molar-refractivity contribution is -0.140. The van der Waals surface area contributed by atoms with Crippen LogP contribution in [0.1, 0.15) is 38.8 Å². The molecular weight excluding hydrogens is 446 g/mol. The molecule has 0 aliphatic rings. The molecule has 0 aliphatic heterocycles. The minimum atomic E-state index is -0.429. The minimum absolute atomic E-state index is 0.429. The monoisotopic (exact) mass is 471 g/mol. The summed E-state index contributed by atoms with van der Waals surface area (Å²) in [5.41, 5.74) is 5.86. The number of hydrogen-bond acceptors (Lipinski definition) is 6. The van der Waals surface area contributed by atoms with Crippen molar-refractivity contribution in [3.8, 4) is 0 Å². The molecule has 2 heterocycles. The largest absolute Gasteiger partial charge is 0.396 e. The highest BCUT2D eigenvalue weighted by atomic mass is 32.1. The van der Waals surface area contributed by atoms with Gasteiger partial charge in [0.1, 0.15) is 6.61 Å². The number of aryl methyl sites for hydroxylation is 1. The molecule has 0 N–H and O–H groups in total. The number of nitrogens with zero attached hydrogens (tertiary/aromatic N) is 3. The molecular formula is C27H25N3O3S. The summed E-state index contributed by atoms with van der Waals surface area (Å²) in [6.45, 7) is 7.63. The molecule has 6 nitrogen and oxygen atoms in total. The first kappa shape index (κ1) is 22.1. The topological polar surface area (TPSA) is 65.2 Å². The summed E-state index contributed by atoms with van der Waals surface area (Å²) in [6, 6.07) is 17.2. The molecule has 0 radical (unpaired) electrons. The van der Waals surface area contributed by atoms with Crippen molar-refractivity contribution in [2.24, 2.45) is 17.4 Å². The van der Waals surface area contributed by atoms with Gasteiger partial charge < -0.3 is 14.2 Å². The normalized spacial score (nSPS) is 12.9. The molecule has 0 bridgehead atoms. The Morgan fingerprint density at radius 2 is 1.47 bits per heavy atom. The fourth-order valence-electron chi connectivity index (χ4n) is 4.33. The second-order valence-corrected chi connectivity index (χ2v) is 9.41. The number of carbonyl (C=O) groups is 1. The Labute approximate surface area is 201 Å². The highest BCUT2D eigenvalue weighted by molar-refractivity contribution is 7.25. The van der Waals surface area contributed by atoms with Crippen molar-refractivity contribution in [3.05, 3.63) is 59.7 Å². The molecule has 0 amide bonds. The van der Waals surface area contributed by atoms with Crippen molar-refractivity contribution in [1.29, 1.82) is 0 Å². The van der Waals surface area contributed by atoms with Gasteiger partial charge in [-0.25, -0.2) is 4.79 Å². The smallest absolute Gasteiger partial charge is 0.331 e. The molecule has 0 fully saturated rings. The van der Waals surface area contributed by atoms with Crippen LogP contribution in [0.15, 0.2) is 58.8 Å². The Kier molecular flexibility index (Phi) is 5.57. The van der Waals surface area contributed by atoms with E-state index < -0.39 is 5.97 Å². The van der Waals surface area contributed by atoms with Crippen LogP contribution in [-0.2, 0) is 21.5 Å². The summed E-state index contributed by atoms with van der Waals surface area (Å²) in [5.74, 6) is -0.429. The van der Waals surface area contributed by atoms with Gasteiger partial charge >= 0.3 is 5.97 Å². The average molecular weight is 472 g/mol. The van der Waals surface area contributed by atoms with Crippen LogP contribution in [0, 0.1) is 0 Å². The predicted molar refractivity (Wildman–Crippen MR) is 141 cm³/mol. The number of aromatic nitrogens is 1. The summed E-state index contributed by atoms with van der Waals surface area (Å²) in [4.78, 5) is 21.2. The number of thiophene rings is 1. The highest BCUT2D eigenvalue weighted by Crippen LogP contribution is 2.39. The molecule has 34 heavy (non-hydrogen) atoms. The lowest BCUT2D eigenvalue weighted by atomic mass is 10.0. The summed E-state index contributed by atoms with van der Waals surface area (Å²) in [7, 11) is 2.10. The first-order valence-corrected chi connectivity index (χ1v) is 12.0. The van der Waals surface area contributed by atoms with Crippen molar-refractivity contribution in [3.63, 3.8) is 0 Å². The maximum Gasteiger partial charge on any atom is 0.331 e. The lowest BCUT2D eigenvalue weighted by Gasteiger charge is -2.02. The number of rotatable bonds is 5. The van der Waals surface area contributed by atoms with E-state index >= 15 is 0 Å². The number of fused-ring (bicyclic) bond motifs is 6. The van der Waals surface area contributed by atoms with Gasteiger partial charge in [-0.3, -0.25) is 0 Å². The van der Waals surface area contributed by atoms with Gasteiger partial charge in [0.15, 0.2) is 0 Å². The van der Waals surface area contributed by atoms with Crippen LogP contribution in [0.3, 0.4) is 0 Å². The van der Waals surface area contributed by atoms with E-state index in [-0.39, 0.29) is 0 Å². The van der Waals surface area contributed by atoms with Crippen LogP contribution < -0.4 is 0 Å². The molecule has 0 unspecified atom stereocenters. The lowest BCUT2D eigenvalue weighted by Crippen LogP contribution is -1.99. The summed E-state index contributed by atoms with van der Waals surface area (Å²) in [5, 5.41) is 12.9. The van der Waals surface area contributed by atoms with E-state index in [1.54, 1.807) is 11.3 Å². The molecule has 7 heteroatoms. The van der Waals surface area contributed by atoms with Crippen LogP contribution in [0.2, 0.25) is 0 Å². The Morgan fingerprint density at radius 1 is 0.824 bits per heavy atom. The number of oxime groups is 2. The van der Waals surface area contributed by atoms with Crippen molar-refractivity contribution >= 4 is 70.7 Å². The summed E-state index contributed by atoms with van der Waals surface area (Å²) < 4.78 is 4.68. The Balaban J connectivity index is 1.70. The van der Waals surface area contributed by atoms with Crippen LogP contribution in [0.5, 0.6) is 0 Å². The summed E-state index contributed by atoms with van der Waals surface area (Å²) >= 11 is 1.78. The van der Waals surface area contributed by atoms with Gasteiger partial charge in [0.05, 0.1) is 11.4 Å². The van der Waals surface area contributed by atoms with E-state index in [0.717, 1.165) is 16.8 Å². The van der Waals surface area contributed by atoms with Gasteiger partial charge in [0, 0.05) is 55.9 Å². The molecule has 5 aromatic rings. The van der Waals surface area contributed by atoms with E-state index in [9.17, 15) is 4.79 Å². The minimum Gasteiger partial charge on any atom is -0.396 e. The maximum atomic E-state index is 11.1. The zero-order valence-corrected chi connectivity index (χ0v) is 20.6. The van der Waals surface area contributed by atoms with Crippen molar-refractivity contribution in [1.82, 2.24) is 4.57 Å². The Hall–Kier alpha value is -3.71. The fourth-order valence-corrected chi connectivity index (χ4v) is 5.44. The maximum absolute atomic E-state index is 11.1. The zero-order valence-electron chi connectivity index (χ0n) is 19.8. The second-order valence-electron chi connectivity index (χ2n) is 8.32. The third-order valence-corrected chi connectivity index (χ3v) is 7.21. The first-order valence-electron chi connectivity index (χ1n) is 11.1. The van der Waals surface area contributed by atoms with E-state index in [2.05, 4.69) is 64.4 Å². The molecule has 172 valence electrons. The molecule has 2 aromatic heterocycles. The van der Waals surface area contributed by atoms with Gasteiger partial charge in [-0.15, -0.1) is 11.3 Å². The number of carbonyl (C=O) groups excluding carboxylic acids is 1. The third-order valence-electron chi connectivity index (χ3n) is 6.07. The third kappa shape index (κ3) is 3.72. The van der Waals surface area contributed by atoms with Gasteiger partial charge in [0.25, 0.3) is 0 Å². The molecule has 0 spiro atoms. The second kappa shape index (κ2) is 8.57. The van der Waals surface area contributed by atoms with Crippen LogP contribution in [0.25, 0.3) is 42.0 Å². The van der Waals surface area contributed by atoms with Gasteiger partial charge in [-0.2, -0.15) is 0 Å². The van der Waals surface area contributed by atoms with E-state index in [0.29, 0.717) is 12.3 Å². The molecule has 0 saturated carbocycles. The Bertz CT molecular complexity index is 1660. The number of benzene rings is 3. The van der Waals surface area contributed by atoms with Crippen LogP contribution >= 0.6 is 11.3 Å². The van der Waals surface area contributed by atoms with E-state index in [1.807, 2.05) is 26.8 Å².